The van der Waals surface area contributed by atoms with E-state index in [-0.39, 0.29) is 5.88 Å². The summed E-state index contributed by atoms with van der Waals surface area (Å²) in [6.07, 6.45) is -1.19. The van der Waals surface area contributed by atoms with Gasteiger partial charge < -0.3 is 19.7 Å². The molecule has 0 spiro atoms. The molecule has 1 aliphatic heterocycles. The first-order valence-electron chi connectivity index (χ1n) is 6.89. The van der Waals surface area contributed by atoms with Crippen LogP contribution in [0.5, 0.6) is 5.88 Å². The van der Waals surface area contributed by atoms with Gasteiger partial charge in [0, 0.05) is 0 Å². The van der Waals surface area contributed by atoms with Crippen molar-refractivity contribution < 1.29 is 32.3 Å². The molecular formula is C12H16N4O7S. The van der Waals surface area contributed by atoms with Gasteiger partial charge in [0.15, 0.2) is 17.4 Å². The molecule has 0 aromatic carbocycles. The predicted octanol–water partition coefficient (Wildman–Crippen LogP) is -1.57. The third-order valence-electron chi connectivity index (χ3n) is 3.58. The van der Waals surface area contributed by atoms with Crippen LogP contribution in [0.25, 0.3) is 11.2 Å². The normalized spacial score (nSPS) is 27.7. The van der Waals surface area contributed by atoms with Crippen LogP contribution in [0.3, 0.4) is 0 Å². The van der Waals surface area contributed by atoms with Crippen molar-refractivity contribution in [1.29, 1.82) is 0 Å². The van der Waals surface area contributed by atoms with Crippen LogP contribution in [0, 0.1) is 0 Å². The van der Waals surface area contributed by atoms with E-state index in [2.05, 4.69) is 19.1 Å². The van der Waals surface area contributed by atoms with Gasteiger partial charge in [-0.05, 0) is 0 Å². The van der Waals surface area contributed by atoms with E-state index in [1.54, 1.807) is 0 Å². The molecule has 0 radical (unpaired) electrons. The quantitative estimate of drug-likeness (QED) is 0.600. The van der Waals surface area contributed by atoms with Gasteiger partial charge in [0.05, 0.1) is 26.3 Å². The largest absolute Gasteiger partial charge is 0.479 e. The Kier molecular flexibility index (Phi) is 4.40. The Labute approximate surface area is 137 Å². The van der Waals surface area contributed by atoms with Gasteiger partial charge in [-0.3, -0.25) is 8.75 Å². The van der Waals surface area contributed by atoms with Crippen LogP contribution in [-0.2, 0) is 19.0 Å². The van der Waals surface area contributed by atoms with Crippen LogP contribution in [0.4, 0.5) is 0 Å². The number of ether oxygens (including phenoxy) is 2. The molecule has 0 saturated carbocycles. The SMILES string of the molecule is COc1ncnc2c1ncn2[C@@H]1O[C@H](COS(C)(=O)=O)[C@@H](O)[C@@H]1O. The molecule has 2 N–H and O–H groups in total. The van der Waals surface area contributed by atoms with Crippen LogP contribution in [0.2, 0.25) is 0 Å². The first-order chi connectivity index (χ1) is 11.3. The fraction of sp³-hybridized carbons (Fsp3) is 0.583. The molecule has 1 aliphatic rings. The van der Waals surface area contributed by atoms with Crippen LogP contribution >= 0.6 is 0 Å². The van der Waals surface area contributed by atoms with Gasteiger partial charge in [-0.2, -0.15) is 13.4 Å². The molecule has 1 saturated heterocycles. The highest BCUT2D eigenvalue weighted by Crippen LogP contribution is 2.32. The minimum atomic E-state index is -3.70. The number of aromatic nitrogens is 4. The maximum atomic E-state index is 11.1. The first-order valence-corrected chi connectivity index (χ1v) is 8.71. The molecule has 11 nitrogen and oxygen atoms in total. The second-order valence-electron chi connectivity index (χ2n) is 5.24. The zero-order valence-corrected chi connectivity index (χ0v) is 13.6. The Balaban J connectivity index is 1.87. The number of hydrogen-bond acceptors (Lipinski definition) is 10. The van der Waals surface area contributed by atoms with E-state index in [0.29, 0.717) is 11.2 Å². The van der Waals surface area contributed by atoms with E-state index < -0.39 is 41.3 Å². The van der Waals surface area contributed by atoms with E-state index in [0.717, 1.165) is 6.26 Å². The van der Waals surface area contributed by atoms with Crippen molar-refractivity contribution in [3.05, 3.63) is 12.7 Å². The molecule has 4 atom stereocenters. The maximum absolute atomic E-state index is 11.1. The molecule has 0 aliphatic carbocycles. The van der Waals surface area contributed by atoms with E-state index in [9.17, 15) is 18.6 Å². The molecule has 3 heterocycles. The van der Waals surface area contributed by atoms with Gasteiger partial charge in [0.25, 0.3) is 10.1 Å². The third kappa shape index (κ3) is 3.06. The lowest BCUT2D eigenvalue weighted by Gasteiger charge is -2.16. The number of nitrogens with zero attached hydrogens (tertiary/aromatic N) is 4. The summed E-state index contributed by atoms with van der Waals surface area (Å²) in [5, 5.41) is 20.3. The number of aliphatic hydroxyl groups excluding tert-OH is 2. The topological polar surface area (TPSA) is 146 Å². The predicted molar refractivity (Wildman–Crippen MR) is 78.6 cm³/mol. The lowest BCUT2D eigenvalue weighted by molar-refractivity contribution is -0.0466. The lowest BCUT2D eigenvalue weighted by Crippen LogP contribution is -2.34. The summed E-state index contributed by atoms with van der Waals surface area (Å²) in [7, 11) is -2.26. The monoisotopic (exact) mass is 360 g/mol. The minimum absolute atomic E-state index is 0.253. The molecule has 0 amide bonds. The summed E-state index contributed by atoms with van der Waals surface area (Å²) in [5.74, 6) is 0.253. The highest BCUT2D eigenvalue weighted by atomic mass is 32.2. The molecule has 0 bridgehead atoms. The number of imidazole rings is 1. The van der Waals surface area contributed by atoms with Crippen LogP contribution in [-0.4, -0.2) is 76.4 Å². The van der Waals surface area contributed by atoms with E-state index in [1.807, 2.05) is 0 Å². The summed E-state index contributed by atoms with van der Waals surface area (Å²) < 4.78 is 38.8. The highest BCUT2D eigenvalue weighted by molar-refractivity contribution is 7.85. The number of methoxy groups -OCH3 is 1. The molecule has 24 heavy (non-hydrogen) atoms. The lowest BCUT2D eigenvalue weighted by atomic mass is 10.1. The van der Waals surface area contributed by atoms with Crippen molar-refractivity contribution in [2.24, 2.45) is 0 Å². The molecule has 132 valence electrons. The Hall–Kier alpha value is -1.86. The minimum Gasteiger partial charge on any atom is -0.479 e. The average molecular weight is 360 g/mol. The molecule has 2 aromatic rings. The number of rotatable bonds is 5. The third-order valence-corrected chi connectivity index (χ3v) is 4.14. The maximum Gasteiger partial charge on any atom is 0.264 e. The molecule has 1 fully saturated rings. The summed E-state index contributed by atoms with van der Waals surface area (Å²) in [4.78, 5) is 12.1. The second-order valence-corrected chi connectivity index (χ2v) is 6.89. The smallest absolute Gasteiger partial charge is 0.264 e. The van der Waals surface area contributed by atoms with Crippen LogP contribution in [0.15, 0.2) is 12.7 Å². The van der Waals surface area contributed by atoms with E-state index in [4.69, 9.17) is 9.47 Å². The van der Waals surface area contributed by atoms with Gasteiger partial charge in [-0.1, -0.05) is 0 Å². The zero-order valence-electron chi connectivity index (χ0n) is 12.8. The van der Waals surface area contributed by atoms with Gasteiger partial charge in [-0.15, -0.1) is 0 Å². The summed E-state index contributed by atoms with van der Waals surface area (Å²) >= 11 is 0. The van der Waals surface area contributed by atoms with Crippen molar-refractivity contribution in [2.45, 2.75) is 24.5 Å². The average Bonchev–Trinajstić information content (AvgIpc) is 3.07. The van der Waals surface area contributed by atoms with E-state index in [1.165, 1.54) is 24.3 Å². The standard InChI is InChI=1S/C12H16N4O7S/c1-21-11-7-10(13-4-14-11)16(5-15-7)12-9(18)8(17)6(23-12)3-22-24(2,19)20/h4-6,8-9,12,17-18H,3H2,1-2H3/t6-,8-,9+,12-/m1/s1. The van der Waals surface area contributed by atoms with Gasteiger partial charge in [-0.25, -0.2) is 9.97 Å². The molecular weight excluding hydrogens is 344 g/mol. The van der Waals surface area contributed by atoms with Gasteiger partial charge in [0.2, 0.25) is 5.88 Å². The van der Waals surface area contributed by atoms with Crippen molar-refractivity contribution in [1.82, 2.24) is 19.5 Å². The Morgan fingerprint density at radius 3 is 2.71 bits per heavy atom. The fourth-order valence-corrected chi connectivity index (χ4v) is 2.83. The van der Waals surface area contributed by atoms with Crippen molar-refractivity contribution in [2.75, 3.05) is 20.0 Å². The summed E-state index contributed by atoms with van der Waals surface area (Å²) in [5.41, 5.74) is 0.698. The molecule has 3 rings (SSSR count). The number of hydrogen-bond donors (Lipinski definition) is 2. The van der Waals surface area contributed by atoms with Crippen LogP contribution in [0.1, 0.15) is 6.23 Å². The second kappa shape index (κ2) is 6.22. The molecule has 12 heteroatoms. The molecule has 0 unspecified atom stereocenters. The zero-order chi connectivity index (χ0) is 17.5. The Morgan fingerprint density at radius 2 is 2.04 bits per heavy atom. The molecule has 2 aromatic heterocycles. The van der Waals surface area contributed by atoms with Gasteiger partial charge in [0.1, 0.15) is 24.6 Å². The van der Waals surface area contributed by atoms with Crippen molar-refractivity contribution >= 4 is 21.3 Å². The Bertz CT molecular complexity index is 839. The van der Waals surface area contributed by atoms with Gasteiger partial charge >= 0.3 is 0 Å². The van der Waals surface area contributed by atoms with Crippen molar-refractivity contribution in [3.8, 4) is 5.88 Å². The van der Waals surface area contributed by atoms with E-state index >= 15 is 0 Å². The highest BCUT2D eigenvalue weighted by Gasteiger charge is 2.44. The fourth-order valence-electron chi connectivity index (χ4n) is 2.45. The number of aliphatic hydroxyl groups is 2. The van der Waals surface area contributed by atoms with Crippen LogP contribution < -0.4 is 4.74 Å². The number of fused-ring (bicyclic) bond motifs is 1. The summed E-state index contributed by atoms with van der Waals surface area (Å²) in [6.45, 7) is -0.418. The van der Waals surface area contributed by atoms with Crippen molar-refractivity contribution in [3.63, 3.8) is 0 Å². The first kappa shape index (κ1) is 17.0. The summed E-state index contributed by atoms with van der Waals surface area (Å²) in [6, 6.07) is 0. The Morgan fingerprint density at radius 1 is 1.29 bits per heavy atom.